The molecular weight excluding hydrogens is 372 g/mol. The van der Waals surface area contributed by atoms with Crippen LogP contribution in [0.15, 0.2) is 36.7 Å². The molecule has 158 valence electrons. The van der Waals surface area contributed by atoms with Crippen molar-refractivity contribution in [2.24, 2.45) is 0 Å². The van der Waals surface area contributed by atoms with Crippen molar-refractivity contribution in [3.8, 4) is 0 Å². The van der Waals surface area contributed by atoms with E-state index in [0.29, 0.717) is 5.92 Å². The fraction of sp³-hybridized carbons (Fsp3) is 0.520. The van der Waals surface area contributed by atoms with Gasteiger partial charge in [-0.15, -0.1) is 0 Å². The van der Waals surface area contributed by atoms with Gasteiger partial charge in [-0.25, -0.2) is 9.97 Å². The maximum atomic E-state index is 5.30. The Hall–Kier alpha value is -2.24. The quantitative estimate of drug-likeness (QED) is 0.598. The summed E-state index contributed by atoms with van der Waals surface area (Å²) in [5, 5.41) is 1.35. The lowest BCUT2D eigenvalue weighted by Gasteiger charge is -2.29. The molecule has 1 aliphatic heterocycles. The van der Waals surface area contributed by atoms with Crippen LogP contribution in [0.1, 0.15) is 60.7 Å². The Morgan fingerprint density at radius 3 is 2.87 bits per heavy atom. The van der Waals surface area contributed by atoms with Crippen LogP contribution < -0.4 is 0 Å². The van der Waals surface area contributed by atoms with Crippen LogP contribution in [0.2, 0.25) is 0 Å². The van der Waals surface area contributed by atoms with E-state index in [-0.39, 0.29) is 0 Å². The van der Waals surface area contributed by atoms with Crippen LogP contribution in [-0.4, -0.2) is 39.7 Å². The average Bonchev–Trinajstić information content (AvgIpc) is 3.15. The first-order valence-corrected chi connectivity index (χ1v) is 11.4. The van der Waals surface area contributed by atoms with E-state index in [1.165, 1.54) is 59.8 Å². The summed E-state index contributed by atoms with van der Waals surface area (Å²) in [6.07, 6.45) is 12.0. The van der Waals surface area contributed by atoms with Crippen LogP contribution in [0.3, 0.4) is 0 Å². The first-order chi connectivity index (χ1) is 14.8. The van der Waals surface area contributed by atoms with Gasteiger partial charge in [0.1, 0.15) is 5.82 Å². The summed E-state index contributed by atoms with van der Waals surface area (Å²) in [4.78, 5) is 12.3. The lowest BCUT2D eigenvalue weighted by molar-refractivity contribution is 0.188. The van der Waals surface area contributed by atoms with Gasteiger partial charge in [0, 0.05) is 80.2 Å². The van der Waals surface area contributed by atoms with Gasteiger partial charge in [-0.2, -0.15) is 0 Å². The molecule has 2 aromatic heterocycles. The van der Waals surface area contributed by atoms with E-state index in [4.69, 9.17) is 14.7 Å². The zero-order valence-corrected chi connectivity index (χ0v) is 18.0. The third kappa shape index (κ3) is 4.01. The lowest BCUT2D eigenvalue weighted by Crippen LogP contribution is -2.31. The number of rotatable bonds is 6. The van der Waals surface area contributed by atoms with Crippen LogP contribution in [-0.2, 0) is 30.8 Å². The highest BCUT2D eigenvalue weighted by molar-refractivity contribution is 5.83. The molecule has 3 aromatic rings. The molecule has 0 unspecified atom stereocenters. The van der Waals surface area contributed by atoms with Gasteiger partial charge in [-0.1, -0.05) is 37.5 Å². The molecule has 0 bridgehead atoms. The van der Waals surface area contributed by atoms with Gasteiger partial charge >= 0.3 is 0 Å². The Labute approximate surface area is 179 Å². The SMILES string of the molecule is COCCn1cc(CN2CCc3nc(C4CCCCC4)ncc3C2)c2ccccc21. The maximum Gasteiger partial charge on any atom is 0.131 e. The van der Waals surface area contributed by atoms with Crippen LogP contribution in [0.25, 0.3) is 10.9 Å². The Kier molecular flexibility index (Phi) is 5.82. The van der Waals surface area contributed by atoms with Crippen molar-refractivity contribution in [3.05, 3.63) is 59.3 Å². The highest BCUT2D eigenvalue weighted by atomic mass is 16.5. The van der Waals surface area contributed by atoms with E-state index in [9.17, 15) is 0 Å². The van der Waals surface area contributed by atoms with Gasteiger partial charge in [-0.3, -0.25) is 4.90 Å². The first kappa shape index (κ1) is 19.7. The van der Waals surface area contributed by atoms with E-state index in [1.54, 1.807) is 7.11 Å². The molecule has 1 fully saturated rings. The van der Waals surface area contributed by atoms with Gasteiger partial charge in [0.05, 0.1) is 6.61 Å². The van der Waals surface area contributed by atoms with Gasteiger partial charge in [0.25, 0.3) is 0 Å². The zero-order valence-electron chi connectivity index (χ0n) is 18.0. The molecule has 0 N–H and O–H groups in total. The predicted molar refractivity (Wildman–Crippen MR) is 119 cm³/mol. The molecule has 5 heteroatoms. The lowest BCUT2D eigenvalue weighted by atomic mass is 9.88. The summed E-state index contributed by atoms with van der Waals surface area (Å²) < 4.78 is 7.63. The number of ether oxygens (including phenoxy) is 1. The number of methoxy groups -OCH3 is 1. The van der Waals surface area contributed by atoms with E-state index in [0.717, 1.165) is 45.0 Å². The Morgan fingerprint density at radius 2 is 2.00 bits per heavy atom. The average molecular weight is 405 g/mol. The number of hydrogen-bond acceptors (Lipinski definition) is 4. The highest BCUT2D eigenvalue weighted by Crippen LogP contribution is 2.32. The fourth-order valence-corrected chi connectivity index (χ4v) is 5.15. The maximum absolute atomic E-state index is 5.30. The normalized spacial score (nSPS) is 18.0. The zero-order chi connectivity index (χ0) is 20.3. The highest BCUT2D eigenvalue weighted by Gasteiger charge is 2.23. The van der Waals surface area contributed by atoms with E-state index in [2.05, 4.69) is 46.1 Å². The second-order valence-electron chi connectivity index (χ2n) is 8.85. The molecule has 5 nitrogen and oxygen atoms in total. The van der Waals surface area contributed by atoms with Crippen LogP contribution >= 0.6 is 0 Å². The van der Waals surface area contributed by atoms with E-state index >= 15 is 0 Å². The number of nitrogens with zero attached hydrogens (tertiary/aromatic N) is 4. The van der Waals surface area contributed by atoms with Gasteiger partial charge in [-0.05, 0) is 24.5 Å². The minimum atomic E-state index is 0.584. The number of para-hydroxylation sites is 1. The predicted octanol–water partition coefficient (Wildman–Crippen LogP) is 4.68. The van der Waals surface area contributed by atoms with Crippen LogP contribution in [0, 0.1) is 0 Å². The first-order valence-electron chi connectivity index (χ1n) is 11.4. The summed E-state index contributed by atoms with van der Waals surface area (Å²) in [6.45, 7) is 4.58. The molecule has 0 spiro atoms. The fourth-order valence-electron chi connectivity index (χ4n) is 5.15. The minimum Gasteiger partial charge on any atom is -0.383 e. The Balaban J connectivity index is 1.32. The van der Waals surface area contributed by atoms with Crippen LogP contribution in [0.5, 0.6) is 0 Å². The molecule has 0 atom stereocenters. The largest absolute Gasteiger partial charge is 0.383 e. The molecule has 1 aliphatic carbocycles. The van der Waals surface area contributed by atoms with Crippen molar-refractivity contribution >= 4 is 10.9 Å². The topological polar surface area (TPSA) is 43.2 Å². The molecule has 0 radical (unpaired) electrons. The van der Waals surface area contributed by atoms with Crippen molar-refractivity contribution < 1.29 is 4.74 Å². The van der Waals surface area contributed by atoms with Gasteiger partial charge in [0.2, 0.25) is 0 Å². The molecule has 3 heterocycles. The molecule has 1 aromatic carbocycles. The summed E-state index contributed by atoms with van der Waals surface area (Å²) >= 11 is 0. The standard InChI is InChI=1S/C25H32N4O/c1-30-14-13-29-18-21(22-9-5-6-10-24(22)29)17-28-12-11-23-20(16-28)15-26-25(27-23)19-7-3-2-4-8-19/h5-6,9-10,15,18-19H,2-4,7-8,11-14,16-17H2,1H3. The van der Waals surface area contributed by atoms with Gasteiger partial charge in [0.15, 0.2) is 0 Å². The monoisotopic (exact) mass is 404 g/mol. The molecule has 1 saturated carbocycles. The smallest absolute Gasteiger partial charge is 0.131 e. The number of aromatic nitrogens is 3. The Morgan fingerprint density at radius 1 is 1.13 bits per heavy atom. The summed E-state index contributed by atoms with van der Waals surface area (Å²) in [7, 11) is 1.76. The minimum absolute atomic E-state index is 0.584. The molecular formula is C25H32N4O. The van der Waals surface area contributed by atoms with Crippen molar-refractivity contribution in [1.82, 2.24) is 19.4 Å². The molecule has 5 rings (SSSR count). The number of hydrogen-bond donors (Lipinski definition) is 0. The molecule has 0 amide bonds. The number of benzene rings is 1. The number of fused-ring (bicyclic) bond motifs is 2. The van der Waals surface area contributed by atoms with Crippen molar-refractivity contribution in [1.29, 1.82) is 0 Å². The van der Waals surface area contributed by atoms with Crippen molar-refractivity contribution in [2.75, 3.05) is 20.3 Å². The van der Waals surface area contributed by atoms with Crippen LogP contribution in [0.4, 0.5) is 0 Å². The van der Waals surface area contributed by atoms with Crippen molar-refractivity contribution in [3.63, 3.8) is 0 Å². The molecule has 30 heavy (non-hydrogen) atoms. The molecule has 2 aliphatic rings. The second kappa shape index (κ2) is 8.86. The van der Waals surface area contributed by atoms with Crippen molar-refractivity contribution in [2.45, 2.75) is 64.1 Å². The summed E-state index contributed by atoms with van der Waals surface area (Å²) in [5.74, 6) is 1.68. The summed E-state index contributed by atoms with van der Waals surface area (Å²) in [6, 6.07) is 8.71. The third-order valence-corrected chi connectivity index (χ3v) is 6.80. The van der Waals surface area contributed by atoms with E-state index in [1.807, 2.05) is 0 Å². The van der Waals surface area contributed by atoms with E-state index < -0.39 is 0 Å². The van der Waals surface area contributed by atoms with Gasteiger partial charge < -0.3 is 9.30 Å². The molecule has 0 saturated heterocycles. The second-order valence-corrected chi connectivity index (χ2v) is 8.85. The Bertz CT molecular complexity index is 1010. The summed E-state index contributed by atoms with van der Waals surface area (Å²) in [5.41, 5.74) is 5.28. The third-order valence-electron chi connectivity index (χ3n) is 6.80.